The van der Waals surface area contributed by atoms with Gasteiger partial charge in [0.2, 0.25) is 5.91 Å². The van der Waals surface area contributed by atoms with E-state index in [0.29, 0.717) is 18.9 Å². The first kappa shape index (κ1) is 19.3. The Balaban J connectivity index is 1.89. The largest absolute Gasteiger partial charge is 0.469 e. The highest BCUT2D eigenvalue weighted by molar-refractivity contribution is 5.76. The summed E-state index contributed by atoms with van der Waals surface area (Å²) < 4.78 is 5.51. The average molecular weight is 341 g/mol. The van der Waals surface area contributed by atoms with Gasteiger partial charge in [-0.25, -0.2) is 0 Å². The van der Waals surface area contributed by atoms with Crippen molar-refractivity contribution >= 4 is 5.91 Å². The smallest absolute Gasteiger partial charge is 0.220 e. The van der Waals surface area contributed by atoms with Gasteiger partial charge in [0.1, 0.15) is 5.76 Å². The van der Waals surface area contributed by atoms with Crippen LogP contribution in [0.5, 0.6) is 0 Å². The molecule has 0 spiro atoms. The van der Waals surface area contributed by atoms with Gasteiger partial charge in [-0.1, -0.05) is 58.0 Å². The molecule has 2 rings (SSSR count). The number of rotatable bonds is 9. The van der Waals surface area contributed by atoms with Crippen molar-refractivity contribution < 1.29 is 9.21 Å². The number of benzene rings is 1. The van der Waals surface area contributed by atoms with E-state index in [1.807, 2.05) is 18.2 Å². The van der Waals surface area contributed by atoms with Crippen LogP contribution in [0.25, 0.3) is 0 Å². The molecule has 0 aliphatic rings. The van der Waals surface area contributed by atoms with Crippen LogP contribution in [0.1, 0.15) is 64.2 Å². The normalized spacial score (nSPS) is 14.9. The lowest BCUT2D eigenvalue weighted by atomic mass is 9.77. The topological polar surface area (TPSA) is 42.2 Å². The van der Waals surface area contributed by atoms with Crippen LogP contribution in [0.15, 0.2) is 53.1 Å². The van der Waals surface area contributed by atoms with E-state index in [4.69, 9.17) is 4.42 Å². The Kier molecular flexibility index (Phi) is 6.86. The molecule has 2 atom stereocenters. The zero-order valence-corrected chi connectivity index (χ0v) is 15.9. The van der Waals surface area contributed by atoms with Crippen molar-refractivity contribution in [3.63, 3.8) is 0 Å². The minimum atomic E-state index is 0.0903. The molecule has 0 radical (unpaired) electrons. The zero-order valence-electron chi connectivity index (χ0n) is 15.9. The van der Waals surface area contributed by atoms with Gasteiger partial charge in [0.05, 0.1) is 6.26 Å². The second-order valence-electron chi connectivity index (χ2n) is 7.45. The number of amides is 1. The van der Waals surface area contributed by atoms with E-state index in [0.717, 1.165) is 18.6 Å². The quantitative estimate of drug-likeness (QED) is 0.674. The molecule has 0 saturated heterocycles. The number of furan rings is 1. The maximum Gasteiger partial charge on any atom is 0.220 e. The van der Waals surface area contributed by atoms with Gasteiger partial charge >= 0.3 is 0 Å². The van der Waals surface area contributed by atoms with Crippen molar-refractivity contribution in [1.29, 1.82) is 0 Å². The summed E-state index contributed by atoms with van der Waals surface area (Å²) in [4.78, 5) is 12.4. The molecule has 3 nitrogen and oxygen atoms in total. The highest BCUT2D eigenvalue weighted by atomic mass is 16.3. The van der Waals surface area contributed by atoms with Crippen LogP contribution < -0.4 is 5.32 Å². The molecule has 2 unspecified atom stereocenters. The summed E-state index contributed by atoms with van der Waals surface area (Å²) >= 11 is 0. The van der Waals surface area contributed by atoms with Crippen LogP contribution in [0.2, 0.25) is 0 Å². The van der Waals surface area contributed by atoms with Crippen molar-refractivity contribution in [3.05, 3.63) is 60.1 Å². The van der Waals surface area contributed by atoms with Gasteiger partial charge < -0.3 is 9.73 Å². The first-order valence-electron chi connectivity index (χ1n) is 9.32. The Bertz CT molecular complexity index is 633. The van der Waals surface area contributed by atoms with Crippen molar-refractivity contribution in [2.24, 2.45) is 5.92 Å². The molecule has 1 aromatic heterocycles. The molecule has 2 aromatic rings. The molecule has 1 amide bonds. The Morgan fingerprint density at radius 2 is 1.88 bits per heavy atom. The predicted molar refractivity (Wildman–Crippen MR) is 103 cm³/mol. The molecule has 0 bridgehead atoms. The molecular formula is C22H31NO2. The highest BCUT2D eigenvalue weighted by Crippen LogP contribution is 2.31. The van der Waals surface area contributed by atoms with Crippen molar-refractivity contribution in [2.45, 2.75) is 58.3 Å². The molecule has 1 aromatic carbocycles. The first-order chi connectivity index (χ1) is 12.0. The summed E-state index contributed by atoms with van der Waals surface area (Å²) in [6.07, 6.45) is 4.13. The lowest BCUT2D eigenvalue weighted by molar-refractivity contribution is -0.121. The SMILES string of the molecule is CCC(C)(CCNC(=O)CC(c1ccco1)C(C)C)c1ccccc1. The number of carbonyl (C=O) groups excluding carboxylic acids is 1. The lowest BCUT2D eigenvalue weighted by Gasteiger charge is -2.29. The summed E-state index contributed by atoms with van der Waals surface area (Å²) in [5.41, 5.74) is 1.43. The fraction of sp³-hybridized carbons (Fsp3) is 0.500. The van der Waals surface area contributed by atoms with Gasteiger partial charge in [-0.3, -0.25) is 4.79 Å². The first-order valence-corrected chi connectivity index (χ1v) is 9.32. The maximum absolute atomic E-state index is 12.4. The Morgan fingerprint density at radius 1 is 1.16 bits per heavy atom. The molecule has 0 saturated carbocycles. The lowest BCUT2D eigenvalue weighted by Crippen LogP contribution is -2.32. The van der Waals surface area contributed by atoms with Crippen LogP contribution in [0.3, 0.4) is 0 Å². The number of hydrogen-bond donors (Lipinski definition) is 1. The minimum Gasteiger partial charge on any atom is -0.469 e. The molecular weight excluding hydrogens is 310 g/mol. The van der Waals surface area contributed by atoms with E-state index in [2.05, 4.69) is 57.3 Å². The van der Waals surface area contributed by atoms with E-state index in [9.17, 15) is 4.79 Å². The minimum absolute atomic E-state index is 0.0903. The van der Waals surface area contributed by atoms with E-state index < -0.39 is 0 Å². The van der Waals surface area contributed by atoms with Crippen LogP contribution in [0.4, 0.5) is 0 Å². The molecule has 136 valence electrons. The monoisotopic (exact) mass is 341 g/mol. The third-order valence-electron chi connectivity index (χ3n) is 5.37. The fourth-order valence-corrected chi connectivity index (χ4v) is 3.28. The van der Waals surface area contributed by atoms with Crippen molar-refractivity contribution in [1.82, 2.24) is 5.32 Å². The van der Waals surface area contributed by atoms with Crippen molar-refractivity contribution in [3.8, 4) is 0 Å². The van der Waals surface area contributed by atoms with Gasteiger partial charge in [-0.2, -0.15) is 0 Å². The summed E-state index contributed by atoms with van der Waals surface area (Å²) in [7, 11) is 0. The fourth-order valence-electron chi connectivity index (χ4n) is 3.28. The second-order valence-corrected chi connectivity index (χ2v) is 7.45. The summed E-state index contributed by atoms with van der Waals surface area (Å²) in [5.74, 6) is 1.48. The number of nitrogens with one attached hydrogen (secondary N) is 1. The molecule has 1 heterocycles. The van der Waals surface area contributed by atoms with E-state index in [1.54, 1.807) is 6.26 Å². The zero-order chi connectivity index (χ0) is 18.3. The van der Waals surface area contributed by atoms with Gasteiger partial charge in [-0.05, 0) is 41.9 Å². The molecule has 0 aliphatic carbocycles. The van der Waals surface area contributed by atoms with Gasteiger partial charge in [-0.15, -0.1) is 0 Å². The van der Waals surface area contributed by atoms with E-state index in [-0.39, 0.29) is 17.2 Å². The third kappa shape index (κ3) is 5.22. The Hall–Kier alpha value is -2.03. The highest BCUT2D eigenvalue weighted by Gasteiger charge is 2.25. The molecule has 0 aliphatic heterocycles. The van der Waals surface area contributed by atoms with Crippen LogP contribution in [0, 0.1) is 5.92 Å². The summed E-state index contributed by atoms with van der Waals surface area (Å²) in [6, 6.07) is 14.4. The van der Waals surface area contributed by atoms with Crippen LogP contribution in [-0.4, -0.2) is 12.5 Å². The van der Waals surface area contributed by atoms with Gasteiger partial charge in [0.15, 0.2) is 0 Å². The predicted octanol–water partition coefficient (Wildman–Crippen LogP) is 5.28. The standard InChI is InChI=1S/C22H31NO2/c1-5-22(4,18-10-7-6-8-11-18)13-14-23-21(24)16-19(17(2)3)20-12-9-15-25-20/h6-12,15,17,19H,5,13-14,16H2,1-4H3,(H,23,24). The van der Waals surface area contributed by atoms with Crippen LogP contribution >= 0.6 is 0 Å². The Morgan fingerprint density at radius 3 is 2.44 bits per heavy atom. The molecule has 25 heavy (non-hydrogen) atoms. The molecule has 1 N–H and O–H groups in total. The maximum atomic E-state index is 12.4. The van der Waals surface area contributed by atoms with Crippen LogP contribution in [-0.2, 0) is 10.2 Å². The van der Waals surface area contributed by atoms with Crippen molar-refractivity contribution in [2.75, 3.05) is 6.54 Å². The van der Waals surface area contributed by atoms with E-state index in [1.165, 1.54) is 5.56 Å². The average Bonchev–Trinajstić information content (AvgIpc) is 3.14. The molecule has 3 heteroatoms. The van der Waals surface area contributed by atoms with E-state index >= 15 is 0 Å². The Labute approximate surface area is 151 Å². The number of hydrogen-bond acceptors (Lipinski definition) is 2. The second kappa shape index (κ2) is 8.89. The van der Waals surface area contributed by atoms with Gasteiger partial charge in [0.25, 0.3) is 0 Å². The third-order valence-corrected chi connectivity index (χ3v) is 5.37. The summed E-state index contributed by atoms with van der Waals surface area (Å²) in [6.45, 7) is 9.43. The summed E-state index contributed by atoms with van der Waals surface area (Å²) in [5, 5.41) is 3.11. The van der Waals surface area contributed by atoms with Gasteiger partial charge in [0, 0.05) is 18.9 Å². The molecule has 0 fully saturated rings. The number of carbonyl (C=O) groups is 1.